The summed E-state index contributed by atoms with van der Waals surface area (Å²) < 4.78 is 30.1. The molecule has 0 saturated carbocycles. The van der Waals surface area contributed by atoms with Gasteiger partial charge in [0.15, 0.2) is 0 Å². The maximum Gasteiger partial charge on any atom is 0.243 e. The predicted molar refractivity (Wildman–Crippen MR) is 155 cm³/mol. The molecule has 0 bridgehead atoms. The molecule has 2 N–H and O–H groups in total. The molecule has 0 aliphatic carbocycles. The molecule has 3 aromatic carbocycles. The van der Waals surface area contributed by atoms with E-state index < -0.39 is 16.1 Å². The minimum absolute atomic E-state index is 0.334. The third-order valence-electron chi connectivity index (χ3n) is 7.37. The molecule has 0 amide bonds. The smallest absolute Gasteiger partial charge is 0.243 e. The summed E-state index contributed by atoms with van der Waals surface area (Å²) in [5.74, 6) is 0. The van der Waals surface area contributed by atoms with Crippen molar-refractivity contribution in [2.24, 2.45) is 0 Å². The first-order chi connectivity index (χ1) is 18.2. The van der Waals surface area contributed by atoms with E-state index in [-0.39, 0.29) is 0 Å². The summed E-state index contributed by atoms with van der Waals surface area (Å²) in [7, 11) is -3.54. The second kappa shape index (κ2) is 10.8. The van der Waals surface area contributed by atoms with E-state index in [1.807, 2.05) is 49.4 Å². The number of aromatic nitrogens is 1. The first-order valence-corrected chi connectivity index (χ1v) is 14.5. The Morgan fingerprint density at radius 1 is 0.921 bits per heavy atom. The third-order valence-corrected chi connectivity index (χ3v) is 9.25. The summed E-state index contributed by atoms with van der Waals surface area (Å²) in [4.78, 5) is 0.334. The van der Waals surface area contributed by atoms with Crippen LogP contribution in [0.15, 0.2) is 83.8 Å². The summed E-state index contributed by atoms with van der Waals surface area (Å²) in [5.41, 5.74) is 7.68. The highest BCUT2D eigenvalue weighted by atomic mass is 32.2. The lowest BCUT2D eigenvalue weighted by atomic mass is 9.97. The normalized spacial score (nSPS) is 15.4. The van der Waals surface area contributed by atoms with Crippen molar-refractivity contribution in [3.05, 3.63) is 101 Å². The topological polar surface area (TPSA) is 74.6 Å². The first kappa shape index (κ1) is 26.2. The Kier molecular flexibility index (Phi) is 7.43. The average Bonchev–Trinajstić information content (AvgIpc) is 3.19. The summed E-state index contributed by atoms with van der Waals surface area (Å²) in [6.07, 6.45) is 2.11. The highest BCUT2D eigenvalue weighted by Gasteiger charge is 2.28. The number of nitrogens with one attached hydrogen (secondary N) is 1. The predicted octanol–water partition coefficient (Wildman–Crippen LogP) is 5.52. The van der Waals surface area contributed by atoms with Gasteiger partial charge < -0.3 is 15.0 Å². The van der Waals surface area contributed by atoms with Gasteiger partial charge in [-0.2, -0.15) is 4.31 Å². The molecule has 1 atom stereocenters. The lowest BCUT2D eigenvalue weighted by Crippen LogP contribution is -2.34. The van der Waals surface area contributed by atoms with Crippen LogP contribution in [-0.2, 0) is 16.6 Å². The molecular weight excluding hydrogens is 494 g/mol. The van der Waals surface area contributed by atoms with E-state index in [0.29, 0.717) is 37.5 Å². The number of para-hydroxylation sites is 1. The number of aliphatic hydroxyl groups excluding tert-OH is 1. The molecule has 2 heterocycles. The summed E-state index contributed by atoms with van der Waals surface area (Å²) >= 11 is 0. The zero-order valence-corrected chi connectivity index (χ0v) is 23.0. The highest BCUT2D eigenvalue weighted by Crippen LogP contribution is 2.35. The number of aliphatic hydroxyl groups is 1. The van der Waals surface area contributed by atoms with Crippen LogP contribution in [0, 0.1) is 20.8 Å². The van der Waals surface area contributed by atoms with Crippen LogP contribution in [-0.4, -0.2) is 48.1 Å². The SMILES string of the molecule is Cc1ccc(NC[C@@H](O)Cn2c(C)c(C3=CCN(S(=O)(=O)c4ccc(C)cc4)CC3)c3ccccc32)cc1. The summed E-state index contributed by atoms with van der Waals surface area (Å²) in [6, 6.07) is 23.4. The largest absolute Gasteiger partial charge is 0.389 e. The Morgan fingerprint density at radius 3 is 2.24 bits per heavy atom. The first-order valence-electron chi connectivity index (χ1n) is 13.1. The number of nitrogens with zero attached hydrogens (tertiary/aromatic N) is 2. The van der Waals surface area contributed by atoms with E-state index in [1.165, 1.54) is 5.56 Å². The van der Waals surface area contributed by atoms with E-state index in [4.69, 9.17) is 0 Å². The Morgan fingerprint density at radius 2 is 1.58 bits per heavy atom. The van der Waals surface area contributed by atoms with Gasteiger partial charge in [-0.15, -0.1) is 0 Å². The highest BCUT2D eigenvalue weighted by molar-refractivity contribution is 7.89. The molecule has 1 aliphatic heterocycles. The summed E-state index contributed by atoms with van der Waals surface area (Å²) in [6.45, 7) is 7.78. The van der Waals surface area contributed by atoms with Gasteiger partial charge in [-0.1, -0.05) is 59.7 Å². The number of hydrogen-bond donors (Lipinski definition) is 2. The number of aryl methyl sites for hydroxylation is 2. The van der Waals surface area contributed by atoms with Crippen molar-refractivity contribution in [2.45, 2.75) is 44.7 Å². The van der Waals surface area contributed by atoms with Gasteiger partial charge in [-0.05, 0) is 63.1 Å². The zero-order valence-electron chi connectivity index (χ0n) is 22.2. The Bertz CT molecular complexity index is 1570. The van der Waals surface area contributed by atoms with Crippen molar-refractivity contribution < 1.29 is 13.5 Å². The van der Waals surface area contributed by atoms with Crippen molar-refractivity contribution >= 4 is 32.2 Å². The fourth-order valence-corrected chi connectivity index (χ4v) is 6.59. The Labute approximate surface area is 225 Å². The van der Waals surface area contributed by atoms with Gasteiger partial charge in [-0.3, -0.25) is 0 Å². The van der Waals surface area contributed by atoms with Crippen LogP contribution in [0.5, 0.6) is 0 Å². The molecule has 0 saturated heterocycles. The quantitative estimate of drug-likeness (QED) is 0.315. The molecule has 1 aliphatic rings. The number of rotatable bonds is 8. The Hall–Kier alpha value is -3.39. The van der Waals surface area contributed by atoms with Crippen LogP contribution in [0.1, 0.15) is 28.8 Å². The molecule has 4 aromatic rings. The van der Waals surface area contributed by atoms with Crippen LogP contribution in [0.25, 0.3) is 16.5 Å². The van der Waals surface area contributed by atoms with Gasteiger partial charge >= 0.3 is 0 Å². The molecule has 0 spiro atoms. The zero-order chi connectivity index (χ0) is 26.9. The van der Waals surface area contributed by atoms with Crippen molar-refractivity contribution in [3.63, 3.8) is 0 Å². The second-order valence-electron chi connectivity index (χ2n) is 10.1. The van der Waals surface area contributed by atoms with Crippen molar-refractivity contribution in [2.75, 3.05) is 25.0 Å². The van der Waals surface area contributed by atoms with Crippen LogP contribution < -0.4 is 5.32 Å². The molecule has 198 valence electrons. The van der Waals surface area contributed by atoms with Crippen molar-refractivity contribution in [1.82, 2.24) is 8.87 Å². The van der Waals surface area contributed by atoms with E-state index in [0.717, 1.165) is 39.0 Å². The average molecular weight is 530 g/mol. The van der Waals surface area contributed by atoms with Crippen LogP contribution in [0.2, 0.25) is 0 Å². The van der Waals surface area contributed by atoms with E-state index in [1.54, 1.807) is 16.4 Å². The molecule has 38 heavy (non-hydrogen) atoms. The van der Waals surface area contributed by atoms with E-state index >= 15 is 0 Å². The lowest BCUT2D eigenvalue weighted by Gasteiger charge is -2.26. The van der Waals surface area contributed by atoms with Gasteiger partial charge in [0.05, 0.1) is 17.5 Å². The lowest BCUT2D eigenvalue weighted by molar-refractivity contribution is 0.167. The standard InChI is InChI=1S/C31H35N3O3S/c1-22-8-12-26(13-9-22)32-20-27(35)21-34-24(3)31(29-6-4-5-7-30(29)34)25-16-18-33(19-17-25)38(36,37)28-14-10-23(2)11-15-28/h4-16,27,32,35H,17-21H2,1-3H3/t27-/m1/s1. The molecule has 1 aromatic heterocycles. The third kappa shape index (κ3) is 5.27. The maximum absolute atomic E-state index is 13.2. The molecule has 6 nitrogen and oxygen atoms in total. The van der Waals surface area contributed by atoms with Crippen LogP contribution in [0.4, 0.5) is 5.69 Å². The fraction of sp³-hybridized carbons (Fsp3) is 0.290. The molecule has 0 unspecified atom stereocenters. The van der Waals surface area contributed by atoms with Crippen LogP contribution >= 0.6 is 0 Å². The number of fused-ring (bicyclic) bond motifs is 1. The van der Waals surface area contributed by atoms with E-state index in [2.05, 4.69) is 48.0 Å². The van der Waals surface area contributed by atoms with Gasteiger partial charge in [0, 0.05) is 47.5 Å². The van der Waals surface area contributed by atoms with E-state index in [9.17, 15) is 13.5 Å². The maximum atomic E-state index is 13.2. The molecule has 5 rings (SSSR count). The molecule has 7 heteroatoms. The number of sulfonamides is 1. The van der Waals surface area contributed by atoms with Gasteiger partial charge in [0.2, 0.25) is 10.0 Å². The van der Waals surface area contributed by atoms with Crippen molar-refractivity contribution in [1.29, 1.82) is 0 Å². The minimum Gasteiger partial charge on any atom is -0.389 e. The van der Waals surface area contributed by atoms with Crippen molar-refractivity contribution in [3.8, 4) is 0 Å². The number of benzene rings is 3. The van der Waals surface area contributed by atoms with Crippen LogP contribution in [0.3, 0.4) is 0 Å². The fourth-order valence-electron chi connectivity index (χ4n) is 5.21. The Balaban J connectivity index is 1.36. The minimum atomic E-state index is -3.54. The second-order valence-corrected chi connectivity index (χ2v) is 12.1. The molecular formula is C31H35N3O3S. The number of hydrogen-bond acceptors (Lipinski definition) is 4. The van der Waals surface area contributed by atoms with Gasteiger partial charge in [0.1, 0.15) is 0 Å². The summed E-state index contributed by atoms with van der Waals surface area (Å²) in [5, 5.41) is 15.4. The molecule has 0 fully saturated rings. The molecule has 0 radical (unpaired) electrons. The van der Waals surface area contributed by atoms with Gasteiger partial charge in [-0.25, -0.2) is 8.42 Å². The van der Waals surface area contributed by atoms with Gasteiger partial charge in [0.25, 0.3) is 0 Å². The monoisotopic (exact) mass is 529 g/mol. The number of anilines is 1.